The van der Waals surface area contributed by atoms with E-state index in [1.54, 1.807) is 13.1 Å². The van der Waals surface area contributed by atoms with E-state index in [2.05, 4.69) is 34.8 Å². The number of hydrogen-bond donors (Lipinski definition) is 3. The minimum atomic E-state index is -1.05. The van der Waals surface area contributed by atoms with Crippen LogP contribution in [-0.4, -0.2) is 50.7 Å². The summed E-state index contributed by atoms with van der Waals surface area (Å²) in [6, 6.07) is 1.90. The number of aromatic nitrogens is 3. The number of nitrogens with one attached hydrogen (secondary N) is 3. The molecule has 2 heterocycles. The molecule has 34 heavy (non-hydrogen) atoms. The fraction of sp³-hybridized carbons (Fsp3) is 0.478. The van der Waals surface area contributed by atoms with Gasteiger partial charge in [-0.1, -0.05) is 26.7 Å². The van der Waals surface area contributed by atoms with E-state index >= 15 is 0 Å². The van der Waals surface area contributed by atoms with Gasteiger partial charge < -0.3 is 29.9 Å². The molecule has 11 nitrogen and oxygen atoms in total. The maximum atomic E-state index is 12.8. The molecule has 0 radical (unpaired) electrons. The Morgan fingerprint density at radius 1 is 1.21 bits per heavy atom. The van der Waals surface area contributed by atoms with E-state index in [0.29, 0.717) is 18.7 Å². The van der Waals surface area contributed by atoms with E-state index in [1.165, 1.54) is 33.9 Å². The van der Waals surface area contributed by atoms with E-state index in [1.807, 2.05) is 0 Å². The van der Waals surface area contributed by atoms with E-state index in [0.717, 1.165) is 12.8 Å². The van der Waals surface area contributed by atoms with Gasteiger partial charge in [0.15, 0.2) is 0 Å². The number of aryl methyl sites for hydroxylation is 1. The Morgan fingerprint density at radius 3 is 2.56 bits per heavy atom. The molecule has 11 heteroatoms. The van der Waals surface area contributed by atoms with Gasteiger partial charge in [-0.2, -0.15) is 0 Å². The van der Waals surface area contributed by atoms with E-state index in [4.69, 9.17) is 0 Å². The summed E-state index contributed by atoms with van der Waals surface area (Å²) in [5.74, 6) is -1.11. The van der Waals surface area contributed by atoms with Crippen LogP contribution in [0.3, 0.4) is 0 Å². The average molecular weight is 473 g/mol. The van der Waals surface area contributed by atoms with Crippen molar-refractivity contribution in [3.8, 4) is 0 Å². The molecular formula is C23H32N6O5. The molecule has 0 fully saturated rings. The molecule has 0 aliphatic carbocycles. The number of anilines is 1. The second-order valence-corrected chi connectivity index (χ2v) is 7.99. The van der Waals surface area contributed by atoms with Gasteiger partial charge in [0.25, 0.3) is 11.5 Å². The molecule has 0 aliphatic rings. The Morgan fingerprint density at radius 2 is 1.94 bits per heavy atom. The second kappa shape index (κ2) is 13.1. The third-order valence-corrected chi connectivity index (χ3v) is 5.58. The monoisotopic (exact) mass is 472 g/mol. The average Bonchev–Trinajstić information content (AvgIpc) is 3.25. The molecule has 0 spiro atoms. The second-order valence-electron chi connectivity index (χ2n) is 7.99. The first-order chi connectivity index (χ1) is 16.3. The van der Waals surface area contributed by atoms with Crippen LogP contribution in [0.25, 0.3) is 0 Å². The van der Waals surface area contributed by atoms with E-state index in [9.17, 15) is 24.0 Å². The highest BCUT2D eigenvalue weighted by Gasteiger charge is 2.23. The lowest BCUT2D eigenvalue weighted by molar-refractivity contribution is -0.122. The zero-order valence-electron chi connectivity index (χ0n) is 19.7. The van der Waals surface area contributed by atoms with Gasteiger partial charge in [0, 0.05) is 26.2 Å². The third-order valence-electron chi connectivity index (χ3n) is 5.58. The van der Waals surface area contributed by atoms with Crippen molar-refractivity contribution in [2.45, 2.75) is 52.1 Å². The van der Waals surface area contributed by atoms with Crippen LogP contribution in [0.15, 0.2) is 35.6 Å². The quantitative estimate of drug-likeness (QED) is 0.369. The number of rotatable bonds is 13. The number of amides is 3. The topological polar surface area (TPSA) is 144 Å². The molecule has 0 bridgehead atoms. The van der Waals surface area contributed by atoms with Gasteiger partial charge in [-0.3, -0.25) is 19.2 Å². The van der Waals surface area contributed by atoms with Gasteiger partial charge in [0.1, 0.15) is 30.3 Å². The molecule has 0 saturated carbocycles. The number of carbonyl (C=O) groups is 4. The van der Waals surface area contributed by atoms with Crippen molar-refractivity contribution < 1.29 is 19.2 Å². The zero-order chi connectivity index (χ0) is 25.1. The van der Waals surface area contributed by atoms with Crippen LogP contribution in [0.1, 0.15) is 50.0 Å². The predicted molar refractivity (Wildman–Crippen MR) is 126 cm³/mol. The van der Waals surface area contributed by atoms with Crippen molar-refractivity contribution >= 4 is 29.7 Å². The summed E-state index contributed by atoms with van der Waals surface area (Å²) in [6.45, 7) is 4.46. The minimum Gasteiger partial charge on any atom is -0.354 e. The highest BCUT2D eigenvalue weighted by Crippen LogP contribution is 2.07. The van der Waals surface area contributed by atoms with Crippen LogP contribution in [-0.2, 0) is 28.0 Å². The van der Waals surface area contributed by atoms with Crippen molar-refractivity contribution in [2.24, 2.45) is 13.0 Å². The Bertz CT molecular complexity index is 1060. The first kappa shape index (κ1) is 26.5. The fourth-order valence-electron chi connectivity index (χ4n) is 3.33. The molecule has 3 amide bonds. The summed E-state index contributed by atoms with van der Waals surface area (Å²) >= 11 is 0. The minimum absolute atomic E-state index is 0.0359. The summed E-state index contributed by atoms with van der Waals surface area (Å²) in [5, 5.41) is 7.91. The lowest BCUT2D eigenvalue weighted by atomic mass is 10.0. The van der Waals surface area contributed by atoms with Crippen LogP contribution in [0.4, 0.5) is 5.69 Å². The van der Waals surface area contributed by atoms with Crippen LogP contribution in [0.5, 0.6) is 0 Å². The Balaban J connectivity index is 2.09. The molecule has 2 rings (SSSR count). The summed E-state index contributed by atoms with van der Waals surface area (Å²) in [4.78, 5) is 65.1. The van der Waals surface area contributed by atoms with Crippen molar-refractivity contribution in [2.75, 3.05) is 11.9 Å². The molecule has 2 aromatic rings. The smallest absolute Gasteiger partial charge is 0.274 e. The van der Waals surface area contributed by atoms with Crippen molar-refractivity contribution in [1.29, 1.82) is 0 Å². The summed E-state index contributed by atoms with van der Waals surface area (Å²) < 4.78 is 2.70. The van der Waals surface area contributed by atoms with Crippen LogP contribution < -0.4 is 21.5 Å². The molecule has 2 aromatic heterocycles. The van der Waals surface area contributed by atoms with Gasteiger partial charge in [0.2, 0.25) is 11.8 Å². The van der Waals surface area contributed by atoms with Crippen LogP contribution in [0.2, 0.25) is 0 Å². The van der Waals surface area contributed by atoms with Gasteiger partial charge in [0.05, 0.1) is 12.5 Å². The van der Waals surface area contributed by atoms with E-state index in [-0.39, 0.29) is 36.7 Å². The summed E-state index contributed by atoms with van der Waals surface area (Å²) in [6.07, 6.45) is 6.89. The molecule has 184 valence electrons. The highest BCUT2D eigenvalue weighted by molar-refractivity contribution is 6.00. The number of pyridine rings is 1. The maximum Gasteiger partial charge on any atom is 0.274 e. The predicted octanol–water partition coefficient (Wildman–Crippen LogP) is 0.850. The molecule has 1 unspecified atom stereocenters. The Labute approximate surface area is 197 Å². The van der Waals surface area contributed by atoms with Crippen molar-refractivity contribution in [3.05, 3.63) is 46.9 Å². The zero-order valence-corrected chi connectivity index (χ0v) is 19.7. The number of carbonyl (C=O) groups excluding carboxylic acids is 4. The van der Waals surface area contributed by atoms with Crippen molar-refractivity contribution in [3.63, 3.8) is 0 Å². The third kappa shape index (κ3) is 7.39. The van der Waals surface area contributed by atoms with Gasteiger partial charge in [-0.25, -0.2) is 4.98 Å². The van der Waals surface area contributed by atoms with Crippen molar-refractivity contribution in [1.82, 2.24) is 24.8 Å². The van der Waals surface area contributed by atoms with Gasteiger partial charge >= 0.3 is 0 Å². The summed E-state index contributed by atoms with van der Waals surface area (Å²) in [5.41, 5.74) is -0.350. The Kier molecular flexibility index (Phi) is 10.2. The molecule has 0 aromatic carbocycles. The standard InChI is InChI=1S/C23H32N6O5/c1-4-16(5-2)12-25-20(31)14-29-10-6-8-18(23(29)34)27-21(32)17(9-7-11-30)26-22(33)19-13-24-15-28(19)3/h6,8,10-11,13,15-17H,4-5,7,9,12,14H2,1-3H3,(H,25,31)(H,26,33)(H,27,32). The number of nitrogens with zero attached hydrogens (tertiary/aromatic N) is 3. The summed E-state index contributed by atoms with van der Waals surface area (Å²) in [7, 11) is 1.63. The fourth-order valence-corrected chi connectivity index (χ4v) is 3.33. The lowest BCUT2D eigenvalue weighted by Crippen LogP contribution is -2.45. The lowest BCUT2D eigenvalue weighted by Gasteiger charge is -2.18. The molecule has 3 N–H and O–H groups in total. The molecule has 1 atom stereocenters. The van der Waals surface area contributed by atoms with Crippen LogP contribution >= 0.6 is 0 Å². The normalized spacial score (nSPS) is 11.6. The number of aldehydes is 1. The number of imidazole rings is 1. The molecule has 0 saturated heterocycles. The largest absolute Gasteiger partial charge is 0.354 e. The van der Waals surface area contributed by atoms with Gasteiger partial charge in [-0.05, 0) is 24.5 Å². The molecular weight excluding hydrogens is 440 g/mol. The highest BCUT2D eigenvalue weighted by atomic mass is 16.2. The van der Waals surface area contributed by atoms with Crippen LogP contribution in [0, 0.1) is 5.92 Å². The first-order valence-corrected chi connectivity index (χ1v) is 11.3. The SMILES string of the molecule is CCC(CC)CNC(=O)Cn1cccc(NC(=O)C(CCC=O)NC(=O)c2cncn2C)c1=O. The molecule has 0 aliphatic heterocycles. The first-order valence-electron chi connectivity index (χ1n) is 11.3. The maximum absolute atomic E-state index is 12.8. The van der Waals surface area contributed by atoms with E-state index < -0.39 is 23.4 Å². The van der Waals surface area contributed by atoms with Gasteiger partial charge in [-0.15, -0.1) is 0 Å². The Hall–Kier alpha value is -3.76. The number of hydrogen-bond acceptors (Lipinski definition) is 6.